The summed E-state index contributed by atoms with van der Waals surface area (Å²) in [5.41, 5.74) is 3.05. The van der Waals surface area contributed by atoms with Gasteiger partial charge in [-0.3, -0.25) is 0 Å². The van der Waals surface area contributed by atoms with Gasteiger partial charge in [0.2, 0.25) is 0 Å². The molecular formula is C20H16F3N5. The molecule has 0 aliphatic carbocycles. The van der Waals surface area contributed by atoms with Gasteiger partial charge in [-0.2, -0.15) is 18.4 Å². The number of halogens is 3. The van der Waals surface area contributed by atoms with Crippen LogP contribution in [0.1, 0.15) is 28.2 Å². The van der Waals surface area contributed by atoms with Gasteiger partial charge >= 0.3 is 6.18 Å². The molecule has 0 saturated heterocycles. The zero-order chi connectivity index (χ0) is 19.9. The van der Waals surface area contributed by atoms with Gasteiger partial charge in [0.1, 0.15) is 17.6 Å². The van der Waals surface area contributed by atoms with Crippen molar-refractivity contribution in [2.24, 2.45) is 0 Å². The van der Waals surface area contributed by atoms with E-state index in [0.29, 0.717) is 19.5 Å². The van der Waals surface area contributed by atoms with E-state index in [2.05, 4.69) is 9.97 Å². The minimum atomic E-state index is -4.56. The fraction of sp³-hybridized carbons (Fsp3) is 0.250. The normalized spacial score (nSPS) is 13.9. The second-order valence-corrected chi connectivity index (χ2v) is 6.69. The Bertz CT molecular complexity index is 1060. The SMILES string of the molecule is Cc1ccc(-n2cnc3c2CCN(c2nc(C(F)(F)F)ccc2C#N)C3)cc1. The molecule has 0 fully saturated rings. The van der Waals surface area contributed by atoms with Crippen molar-refractivity contribution >= 4 is 5.82 Å². The highest BCUT2D eigenvalue weighted by molar-refractivity contribution is 5.56. The van der Waals surface area contributed by atoms with Gasteiger partial charge in [-0.05, 0) is 31.2 Å². The van der Waals surface area contributed by atoms with Crippen molar-refractivity contribution in [3.8, 4) is 11.8 Å². The van der Waals surface area contributed by atoms with Crippen LogP contribution in [0, 0.1) is 18.3 Å². The summed E-state index contributed by atoms with van der Waals surface area (Å²) in [5, 5.41) is 9.30. The van der Waals surface area contributed by atoms with Crippen LogP contribution in [0.5, 0.6) is 0 Å². The lowest BCUT2D eigenvalue weighted by molar-refractivity contribution is -0.141. The summed E-state index contributed by atoms with van der Waals surface area (Å²) in [7, 11) is 0. The lowest BCUT2D eigenvalue weighted by Crippen LogP contribution is -2.33. The van der Waals surface area contributed by atoms with Gasteiger partial charge in [0.25, 0.3) is 0 Å². The van der Waals surface area contributed by atoms with Crippen molar-refractivity contribution in [1.82, 2.24) is 14.5 Å². The average Bonchev–Trinajstić information content (AvgIpc) is 3.10. The lowest BCUT2D eigenvalue weighted by Gasteiger charge is -2.29. The Morgan fingerprint density at radius 3 is 2.54 bits per heavy atom. The van der Waals surface area contributed by atoms with Crippen LogP contribution in [0.2, 0.25) is 0 Å². The number of pyridine rings is 1. The average molecular weight is 383 g/mol. The number of nitriles is 1. The maximum Gasteiger partial charge on any atom is 0.433 e. The summed E-state index contributed by atoms with van der Waals surface area (Å²) in [5.74, 6) is 0.0489. The van der Waals surface area contributed by atoms with Crippen molar-refractivity contribution in [2.75, 3.05) is 11.4 Å². The second kappa shape index (κ2) is 6.68. The number of hydrogen-bond donors (Lipinski definition) is 0. The highest BCUT2D eigenvalue weighted by Gasteiger charge is 2.34. The molecule has 28 heavy (non-hydrogen) atoms. The Labute approximate surface area is 159 Å². The largest absolute Gasteiger partial charge is 0.433 e. The van der Waals surface area contributed by atoms with Crippen LogP contribution in [0.3, 0.4) is 0 Å². The maximum atomic E-state index is 13.0. The lowest BCUT2D eigenvalue weighted by atomic mass is 10.1. The molecule has 5 nitrogen and oxygen atoms in total. The topological polar surface area (TPSA) is 57.7 Å². The molecule has 142 valence electrons. The van der Waals surface area contributed by atoms with Crippen molar-refractivity contribution in [2.45, 2.75) is 26.1 Å². The third kappa shape index (κ3) is 3.20. The molecular weight excluding hydrogens is 367 g/mol. The van der Waals surface area contributed by atoms with Gasteiger partial charge in [0.15, 0.2) is 0 Å². The predicted molar refractivity (Wildman–Crippen MR) is 97.0 cm³/mol. The number of alkyl halides is 3. The number of nitrogens with zero attached hydrogens (tertiary/aromatic N) is 5. The molecule has 0 atom stereocenters. The molecule has 0 saturated carbocycles. The maximum absolute atomic E-state index is 13.0. The van der Waals surface area contributed by atoms with Gasteiger partial charge in [-0.25, -0.2) is 9.97 Å². The number of rotatable bonds is 2. The number of fused-ring (bicyclic) bond motifs is 1. The third-order valence-corrected chi connectivity index (χ3v) is 4.81. The standard InChI is InChI=1S/C20H16F3N5/c1-13-2-5-15(6-3-13)28-12-25-16-11-27(9-8-17(16)28)19-14(10-24)4-7-18(26-19)20(21,22)23/h2-7,12H,8-9,11H2,1H3. The second-order valence-electron chi connectivity index (χ2n) is 6.69. The zero-order valence-corrected chi connectivity index (χ0v) is 15.0. The molecule has 1 aliphatic rings. The van der Waals surface area contributed by atoms with Crippen LogP contribution in [0.25, 0.3) is 5.69 Å². The van der Waals surface area contributed by atoms with Gasteiger partial charge in [0, 0.05) is 24.3 Å². The summed E-state index contributed by atoms with van der Waals surface area (Å²) in [6.07, 6.45) is -2.24. The molecule has 1 aliphatic heterocycles. The van der Waals surface area contributed by atoms with Crippen molar-refractivity contribution < 1.29 is 13.2 Å². The monoisotopic (exact) mass is 383 g/mol. The minimum Gasteiger partial charge on any atom is -0.349 e. The van der Waals surface area contributed by atoms with Crippen LogP contribution in [0.15, 0.2) is 42.7 Å². The highest BCUT2D eigenvalue weighted by atomic mass is 19.4. The third-order valence-electron chi connectivity index (χ3n) is 4.81. The number of aryl methyl sites for hydroxylation is 1. The van der Waals surface area contributed by atoms with Gasteiger partial charge in [-0.1, -0.05) is 17.7 Å². The molecule has 2 aromatic heterocycles. The number of aromatic nitrogens is 3. The van der Waals surface area contributed by atoms with Gasteiger partial charge in [-0.15, -0.1) is 0 Å². The summed E-state index contributed by atoms with van der Waals surface area (Å²) in [6.45, 7) is 2.77. The first-order valence-electron chi connectivity index (χ1n) is 8.72. The summed E-state index contributed by atoms with van der Waals surface area (Å²) in [4.78, 5) is 9.86. The molecule has 3 aromatic rings. The van der Waals surface area contributed by atoms with E-state index < -0.39 is 11.9 Å². The van der Waals surface area contributed by atoms with Crippen molar-refractivity contribution in [1.29, 1.82) is 5.26 Å². The Morgan fingerprint density at radius 2 is 1.86 bits per heavy atom. The van der Waals surface area contributed by atoms with Crippen LogP contribution < -0.4 is 4.90 Å². The summed E-state index contributed by atoms with van der Waals surface area (Å²) in [6, 6.07) is 12.0. The smallest absolute Gasteiger partial charge is 0.349 e. The molecule has 1 aromatic carbocycles. The van der Waals surface area contributed by atoms with E-state index in [9.17, 15) is 18.4 Å². The quantitative estimate of drug-likeness (QED) is 0.671. The fourth-order valence-corrected chi connectivity index (χ4v) is 3.35. The highest BCUT2D eigenvalue weighted by Crippen LogP contribution is 2.32. The van der Waals surface area contributed by atoms with E-state index in [0.717, 1.165) is 28.7 Å². The molecule has 8 heteroatoms. The number of hydrogen-bond acceptors (Lipinski definition) is 4. The van der Waals surface area contributed by atoms with Crippen LogP contribution in [-0.4, -0.2) is 21.1 Å². The zero-order valence-electron chi connectivity index (χ0n) is 15.0. The summed E-state index contributed by atoms with van der Waals surface area (Å²) >= 11 is 0. The van der Waals surface area contributed by atoms with Crippen molar-refractivity contribution in [3.63, 3.8) is 0 Å². The molecule has 4 rings (SSSR count). The molecule has 0 bridgehead atoms. The van der Waals surface area contributed by atoms with E-state index in [1.807, 2.05) is 41.8 Å². The van der Waals surface area contributed by atoms with Gasteiger partial charge in [0.05, 0.1) is 24.1 Å². The Morgan fingerprint density at radius 1 is 1.11 bits per heavy atom. The van der Waals surface area contributed by atoms with E-state index in [1.54, 1.807) is 11.2 Å². The van der Waals surface area contributed by atoms with Crippen LogP contribution in [-0.2, 0) is 19.1 Å². The van der Waals surface area contributed by atoms with Crippen LogP contribution >= 0.6 is 0 Å². The number of benzene rings is 1. The molecule has 0 radical (unpaired) electrons. The molecule has 0 N–H and O–H groups in total. The Kier molecular flexibility index (Phi) is 4.30. The van der Waals surface area contributed by atoms with Gasteiger partial charge < -0.3 is 9.47 Å². The fourth-order valence-electron chi connectivity index (χ4n) is 3.35. The first kappa shape index (κ1) is 18.0. The number of imidazole rings is 1. The minimum absolute atomic E-state index is 0.0489. The van der Waals surface area contributed by atoms with Crippen LogP contribution in [0.4, 0.5) is 19.0 Å². The first-order chi connectivity index (χ1) is 13.4. The number of anilines is 1. The van der Waals surface area contributed by atoms with E-state index in [-0.39, 0.29) is 11.4 Å². The Balaban J connectivity index is 1.67. The summed E-state index contributed by atoms with van der Waals surface area (Å²) < 4.78 is 41.1. The Hall–Kier alpha value is -3.34. The van der Waals surface area contributed by atoms with E-state index >= 15 is 0 Å². The predicted octanol–water partition coefficient (Wildman–Crippen LogP) is 4.03. The first-order valence-corrected chi connectivity index (χ1v) is 8.72. The molecule has 0 unspecified atom stereocenters. The molecule has 3 heterocycles. The van der Waals surface area contributed by atoms with E-state index in [4.69, 9.17) is 0 Å². The van der Waals surface area contributed by atoms with E-state index in [1.165, 1.54) is 6.07 Å². The molecule has 0 amide bonds. The van der Waals surface area contributed by atoms with Crippen molar-refractivity contribution in [3.05, 3.63) is 70.9 Å². The molecule has 0 spiro atoms.